The van der Waals surface area contributed by atoms with Gasteiger partial charge in [0.05, 0.1) is 4.92 Å². The van der Waals surface area contributed by atoms with Crippen LogP contribution in [0.1, 0.15) is 22.2 Å². The molecule has 1 aromatic heterocycles. The summed E-state index contributed by atoms with van der Waals surface area (Å²) in [5.74, 6) is 0.688. The molecule has 12 heteroatoms. The van der Waals surface area contributed by atoms with Gasteiger partial charge in [0.15, 0.2) is 6.19 Å². The van der Waals surface area contributed by atoms with Gasteiger partial charge in [-0.05, 0) is 12.5 Å². The molecule has 3 aromatic rings. The Morgan fingerprint density at radius 3 is 2.64 bits per heavy atom. The van der Waals surface area contributed by atoms with Crippen molar-refractivity contribution in [1.82, 2.24) is 15.1 Å². The number of benzene rings is 2. The summed E-state index contributed by atoms with van der Waals surface area (Å²) >= 11 is 1.35. The predicted molar refractivity (Wildman–Crippen MR) is 122 cm³/mol. The van der Waals surface area contributed by atoms with Gasteiger partial charge in [0.25, 0.3) is 5.69 Å². The number of aryl methyl sites for hydroxylation is 1. The third kappa shape index (κ3) is 3.40. The molecule has 1 N–H and O–H groups in total. The first-order chi connectivity index (χ1) is 16.0. The highest BCUT2D eigenvalue weighted by Crippen LogP contribution is 2.39. The number of aliphatic imine (C=N–C) groups is 2. The summed E-state index contributed by atoms with van der Waals surface area (Å²) in [7, 11) is 0. The van der Waals surface area contributed by atoms with E-state index in [2.05, 4.69) is 15.2 Å². The number of anilines is 1. The van der Waals surface area contributed by atoms with Crippen molar-refractivity contribution in [1.29, 1.82) is 10.7 Å². The van der Waals surface area contributed by atoms with Gasteiger partial charge in [-0.25, -0.2) is 4.90 Å². The molecule has 2 aliphatic heterocycles. The number of hydrogen-bond acceptors (Lipinski definition) is 9. The van der Waals surface area contributed by atoms with Crippen LogP contribution >= 0.6 is 11.3 Å². The normalized spacial score (nSPS) is 19.6. The van der Waals surface area contributed by atoms with Crippen LogP contribution in [0.5, 0.6) is 0 Å². The van der Waals surface area contributed by atoms with Gasteiger partial charge in [-0.15, -0.1) is 10.2 Å². The van der Waals surface area contributed by atoms with Crippen molar-refractivity contribution >= 4 is 39.8 Å². The summed E-state index contributed by atoms with van der Waals surface area (Å²) in [6, 6.07) is 14.0. The Kier molecular flexibility index (Phi) is 4.87. The molecule has 0 amide bonds. The monoisotopic (exact) mass is 457 g/mol. The Morgan fingerprint density at radius 1 is 1.18 bits per heavy atom. The largest absolute Gasteiger partial charge is 0.269 e. The Bertz CT molecular complexity index is 1380. The van der Waals surface area contributed by atoms with Crippen LogP contribution < -0.4 is 4.90 Å². The Balaban J connectivity index is 1.71. The van der Waals surface area contributed by atoms with Gasteiger partial charge in [-0.3, -0.25) is 25.4 Å². The molecular weight excluding hydrogens is 442 g/mol. The smallest absolute Gasteiger partial charge is 0.266 e. The summed E-state index contributed by atoms with van der Waals surface area (Å²) in [5.41, 5.74) is 1.18. The average molecular weight is 457 g/mol. The van der Waals surface area contributed by atoms with E-state index in [0.29, 0.717) is 22.4 Å². The number of aromatic nitrogens is 2. The predicted octanol–water partition coefficient (Wildman–Crippen LogP) is 3.26. The summed E-state index contributed by atoms with van der Waals surface area (Å²) in [6.07, 6.45) is 2.00. The van der Waals surface area contributed by atoms with Crippen molar-refractivity contribution in [3.63, 3.8) is 0 Å². The minimum Gasteiger partial charge on any atom is -0.266 e. The Labute approximate surface area is 191 Å². The number of nitro benzene ring substituents is 1. The van der Waals surface area contributed by atoms with Crippen molar-refractivity contribution in [2.45, 2.75) is 19.0 Å². The zero-order valence-electron chi connectivity index (χ0n) is 17.2. The number of nitrogens with zero attached hydrogens (tertiary/aromatic N) is 8. The number of nitrogens with one attached hydrogen (secondary N) is 1. The van der Waals surface area contributed by atoms with Crippen molar-refractivity contribution in [3.05, 3.63) is 80.8 Å². The van der Waals surface area contributed by atoms with Gasteiger partial charge in [0, 0.05) is 17.7 Å². The number of amidine groups is 2. The van der Waals surface area contributed by atoms with E-state index in [1.54, 1.807) is 17.0 Å². The second-order valence-electron chi connectivity index (χ2n) is 7.26. The quantitative estimate of drug-likeness (QED) is 0.359. The minimum absolute atomic E-state index is 0.108. The third-order valence-corrected chi connectivity index (χ3v) is 6.09. The van der Waals surface area contributed by atoms with Crippen molar-refractivity contribution < 1.29 is 4.92 Å². The Morgan fingerprint density at radius 2 is 1.97 bits per heavy atom. The molecule has 0 saturated heterocycles. The Hall–Kier alpha value is -4.50. The van der Waals surface area contributed by atoms with Crippen LogP contribution in [0.3, 0.4) is 0 Å². The van der Waals surface area contributed by atoms with E-state index in [0.717, 1.165) is 15.5 Å². The molecule has 162 valence electrons. The highest BCUT2D eigenvalue weighted by molar-refractivity contribution is 7.15. The molecular formula is C21H15N9O2S. The van der Waals surface area contributed by atoms with E-state index in [1.165, 1.54) is 23.5 Å². The molecule has 3 heterocycles. The molecule has 0 bridgehead atoms. The first-order valence-corrected chi connectivity index (χ1v) is 10.6. The van der Waals surface area contributed by atoms with Gasteiger partial charge in [-0.1, -0.05) is 53.8 Å². The number of nitriles is 1. The topological polar surface area (TPSA) is 148 Å². The standard InChI is InChI=1S/C21H15N9O2S/c1-12-26-27-21(33-12)29-18(13-6-3-2-4-7-13)24-16-17(28(11-22)20(23)25-19(16)29)14-8-5-9-15(10-14)30(31)32/h2-10,16-17,23H,1H3/t16-,17+/m0/s1. The molecule has 0 unspecified atom stereocenters. The van der Waals surface area contributed by atoms with Crippen LogP contribution in [-0.4, -0.2) is 43.7 Å². The number of guanidine groups is 1. The molecule has 0 fully saturated rings. The maximum atomic E-state index is 11.4. The molecule has 33 heavy (non-hydrogen) atoms. The molecule has 0 aliphatic carbocycles. The highest BCUT2D eigenvalue weighted by atomic mass is 32.1. The fourth-order valence-corrected chi connectivity index (χ4v) is 4.57. The van der Waals surface area contributed by atoms with Gasteiger partial charge < -0.3 is 0 Å². The molecule has 2 aromatic carbocycles. The van der Waals surface area contributed by atoms with E-state index < -0.39 is 17.0 Å². The van der Waals surface area contributed by atoms with Crippen LogP contribution in [0, 0.1) is 33.9 Å². The summed E-state index contributed by atoms with van der Waals surface area (Å²) < 4.78 is 0. The maximum absolute atomic E-state index is 11.4. The van der Waals surface area contributed by atoms with Crippen molar-refractivity contribution in [3.8, 4) is 6.19 Å². The first-order valence-electron chi connectivity index (χ1n) is 9.82. The van der Waals surface area contributed by atoms with Crippen LogP contribution in [0.25, 0.3) is 0 Å². The van der Waals surface area contributed by atoms with Crippen LogP contribution in [0.4, 0.5) is 10.8 Å². The molecule has 0 radical (unpaired) electrons. The zero-order valence-corrected chi connectivity index (χ0v) is 18.0. The number of non-ortho nitro benzene ring substituents is 1. The lowest BCUT2D eigenvalue weighted by molar-refractivity contribution is -0.384. The van der Waals surface area contributed by atoms with Crippen LogP contribution in [0.15, 0.2) is 64.6 Å². The number of fused-ring (bicyclic) bond motifs is 1. The van der Waals surface area contributed by atoms with E-state index >= 15 is 0 Å². The first kappa shape index (κ1) is 20.4. The van der Waals surface area contributed by atoms with Crippen molar-refractivity contribution in [2.75, 3.05) is 4.90 Å². The van der Waals surface area contributed by atoms with E-state index in [9.17, 15) is 15.4 Å². The van der Waals surface area contributed by atoms with Gasteiger partial charge in [-0.2, -0.15) is 10.3 Å². The van der Waals surface area contributed by atoms with E-state index in [1.807, 2.05) is 43.4 Å². The molecule has 0 spiro atoms. The fraction of sp³-hybridized carbons (Fsp3) is 0.143. The third-order valence-electron chi connectivity index (χ3n) is 5.26. The second-order valence-corrected chi connectivity index (χ2v) is 8.42. The lowest BCUT2D eigenvalue weighted by Crippen LogP contribution is -2.48. The van der Waals surface area contributed by atoms with Crippen molar-refractivity contribution in [2.24, 2.45) is 9.98 Å². The zero-order chi connectivity index (χ0) is 23.1. The van der Waals surface area contributed by atoms with Gasteiger partial charge in [0.1, 0.15) is 28.8 Å². The van der Waals surface area contributed by atoms with Crippen LogP contribution in [-0.2, 0) is 0 Å². The summed E-state index contributed by atoms with van der Waals surface area (Å²) in [4.78, 5) is 23.0. The van der Waals surface area contributed by atoms with Gasteiger partial charge in [0.2, 0.25) is 11.1 Å². The fourth-order valence-electron chi connectivity index (χ4n) is 3.87. The SMILES string of the molecule is Cc1nnc(N2C(c3ccccc3)=N[C@@H]3C2=NC(=N)N(C#N)[C@@H]3c2cccc([N+](=O)[O-])c2)s1. The number of hydrogen-bond donors (Lipinski definition) is 1. The van der Waals surface area contributed by atoms with Gasteiger partial charge >= 0.3 is 0 Å². The summed E-state index contributed by atoms with van der Waals surface area (Å²) in [5, 5.41) is 39.2. The summed E-state index contributed by atoms with van der Waals surface area (Å²) in [6.45, 7) is 1.84. The molecule has 11 nitrogen and oxygen atoms in total. The minimum atomic E-state index is -0.785. The molecule has 2 atom stereocenters. The van der Waals surface area contributed by atoms with Crippen LogP contribution in [0.2, 0.25) is 0 Å². The lowest BCUT2D eigenvalue weighted by Gasteiger charge is -2.34. The molecule has 5 rings (SSSR count). The van der Waals surface area contributed by atoms with E-state index in [-0.39, 0.29) is 11.6 Å². The molecule has 0 saturated carbocycles. The second kappa shape index (κ2) is 7.88. The lowest BCUT2D eigenvalue weighted by atomic mass is 9.96. The number of nitro groups is 1. The highest BCUT2D eigenvalue weighted by Gasteiger charge is 2.47. The maximum Gasteiger partial charge on any atom is 0.269 e. The van der Waals surface area contributed by atoms with E-state index in [4.69, 9.17) is 10.4 Å². The average Bonchev–Trinajstić information content (AvgIpc) is 3.41. The molecule has 2 aliphatic rings. The number of rotatable bonds is 4.